The molecule has 1 aromatic carbocycles. The van der Waals surface area contributed by atoms with Crippen molar-refractivity contribution >= 4 is 17.4 Å². The number of methoxy groups -OCH3 is 1. The van der Waals surface area contributed by atoms with Crippen molar-refractivity contribution in [2.75, 3.05) is 25.6 Å². The first-order valence-corrected chi connectivity index (χ1v) is 6.62. The number of hydrogen-bond donors (Lipinski definition) is 2. The van der Waals surface area contributed by atoms with Crippen LogP contribution >= 0.6 is 0 Å². The van der Waals surface area contributed by atoms with Gasteiger partial charge in [-0.15, -0.1) is 0 Å². The number of anilines is 2. The molecule has 0 spiro atoms. The van der Waals surface area contributed by atoms with E-state index in [-0.39, 0.29) is 11.6 Å². The molecule has 0 aliphatic carbocycles. The largest absolute Gasteiger partial charge is 0.383 e. The lowest BCUT2D eigenvalue weighted by molar-refractivity contribution is 0.0932. The van der Waals surface area contributed by atoms with Gasteiger partial charge in [-0.3, -0.25) is 4.79 Å². The van der Waals surface area contributed by atoms with Crippen molar-refractivity contribution in [2.24, 2.45) is 0 Å². The van der Waals surface area contributed by atoms with Crippen LogP contribution in [-0.2, 0) is 4.74 Å². The molecular formula is C15H18N4O2. The van der Waals surface area contributed by atoms with Crippen LogP contribution in [0.15, 0.2) is 36.7 Å². The fourth-order valence-corrected chi connectivity index (χ4v) is 1.74. The van der Waals surface area contributed by atoms with Crippen LogP contribution in [0.4, 0.5) is 11.5 Å². The predicted molar refractivity (Wildman–Crippen MR) is 80.7 cm³/mol. The van der Waals surface area contributed by atoms with Crippen LogP contribution in [0.1, 0.15) is 16.1 Å². The van der Waals surface area contributed by atoms with E-state index in [1.165, 1.54) is 12.4 Å². The van der Waals surface area contributed by atoms with Crippen LogP contribution in [0.3, 0.4) is 0 Å². The molecule has 0 radical (unpaired) electrons. The maximum atomic E-state index is 11.7. The van der Waals surface area contributed by atoms with Crippen molar-refractivity contribution in [3.63, 3.8) is 0 Å². The summed E-state index contributed by atoms with van der Waals surface area (Å²) in [7, 11) is 1.58. The number of benzene rings is 1. The summed E-state index contributed by atoms with van der Waals surface area (Å²) in [6, 6.07) is 7.93. The van der Waals surface area contributed by atoms with Gasteiger partial charge in [0.15, 0.2) is 0 Å². The Morgan fingerprint density at radius 3 is 2.81 bits per heavy atom. The molecule has 6 heteroatoms. The molecule has 110 valence electrons. The molecule has 21 heavy (non-hydrogen) atoms. The second-order valence-electron chi connectivity index (χ2n) is 4.53. The fourth-order valence-electron chi connectivity index (χ4n) is 1.74. The van der Waals surface area contributed by atoms with E-state index >= 15 is 0 Å². The molecule has 1 amide bonds. The van der Waals surface area contributed by atoms with E-state index in [0.29, 0.717) is 19.0 Å². The molecule has 1 heterocycles. The molecule has 0 aliphatic rings. The Hall–Kier alpha value is -2.47. The van der Waals surface area contributed by atoms with Crippen molar-refractivity contribution in [1.29, 1.82) is 0 Å². The molecule has 0 saturated heterocycles. The Bertz CT molecular complexity index is 599. The number of aromatic nitrogens is 2. The minimum Gasteiger partial charge on any atom is -0.383 e. The van der Waals surface area contributed by atoms with Crippen LogP contribution in [0, 0.1) is 6.92 Å². The normalized spacial score (nSPS) is 10.2. The first kappa shape index (κ1) is 14.9. The van der Waals surface area contributed by atoms with Crippen LogP contribution < -0.4 is 10.6 Å². The third kappa shape index (κ3) is 4.54. The van der Waals surface area contributed by atoms with Crippen molar-refractivity contribution < 1.29 is 9.53 Å². The monoisotopic (exact) mass is 286 g/mol. The zero-order valence-corrected chi connectivity index (χ0v) is 12.1. The zero-order chi connectivity index (χ0) is 15.1. The summed E-state index contributed by atoms with van der Waals surface area (Å²) < 4.78 is 4.86. The minimum atomic E-state index is -0.262. The number of aryl methyl sites for hydroxylation is 1. The van der Waals surface area contributed by atoms with Crippen LogP contribution in [0.5, 0.6) is 0 Å². The number of carbonyl (C=O) groups excluding carboxylic acids is 1. The van der Waals surface area contributed by atoms with Gasteiger partial charge in [-0.05, 0) is 24.6 Å². The number of nitrogens with zero attached hydrogens (tertiary/aromatic N) is 2. The van der Waals surface area contributed by atoms with E-state index in [4.69, 9.17) is 4.74 Å². The maximum Gasteiger partial charge on any atom is 0.271 e. The Balaban J connectivity index is 1.97. The third-order valence-electron chi connectivity index (χ3n) is 2.77. The molecule has 0 unspecified atom stereocenters. The molecular weight excluding hydrogens is 268 g/mol. The summed E-state index contributed by atoms with van der Waals surface area (Å²) in [5.74, 6) is 0.329. The Labute approximate surface area is 123 Å². The van der Waals surface area contributed by atoms with Crippen molar-refractivity contribution in [2.45, 2.75) is 6.92 Å². The lowest BCUT2D eigenvalue weighted by Gasteiger charge is -2.07. The van der Waals surface area contributed by atoms with Gasteiger partial charge in [0, 0.05) is 19.3 Å². The molecule has 0 fully saturated rings. The highest BCUT2D eigenvalue weighted by Gasteiger charge is 2.07. The van der Waals surface area contributed by atoms with Gasteiger partial charge in [0.1, 0.15) is 11.5 Å². The van der Waals surface area contributed by atoms with Gasteiger partial charge in [-0.1, -0.05) is 12.1 Å². The van der Waals surface area contributed by atoms with Gasteiger partial charge >= 0.3 is 0 Å². The number of ether oxygens (including phenoxy) is 1. The predicted octanol–water partition coefficient (Wildman–Crippen LogP) is 1.90. The standard InChI is InChI=1S/C15H18N4O2/c1-11-4-3-5-12(8-11)19-14-10-17-13(9-18-14)15(20)16-6-7-21-2/h3-5,8-10H,6-7H2,1-2H3,(H,16,20)(H,18,19). The van der Waals surface area contributed by atoms with Crippen molar-refractivity contribution in [1.82, 2.24) is 15.3 Å². The SMILES string of the molecule is COCCNC(=O)c1cnc(Nc2cccc(C)c2)cn1. The third-order valence-corrected chi connectivity index (χ3v) is 2.77. The Morgan fingerprint density at radius 2 is 2.14 bits per heavy atom. The van der Waals surface area contributed by atoms with Crippen LogP contribution in [-0.4, -0.2) is 36.1 Å². The summed E-state index contributed by atoms with van der Waals surface area (Å²) in [6.45, 7) is 2.93. The molecule has 1 aromatic heterocycles. The summed E-state index contributed by atoms with van der Waals surface area (Å²) in [4.78, 5) is 20.0. The van der Waals surface area contributed by atoms with Crippen molar-refractivity contribution in [3.8, 4) is 0 Å². The van der Waals surface area contributed by atoms with Gasteiger partial charge in [0.25, 0.3) is 5.91 Å². The molecule has 0 bridgehead atoms. The van der Waals surface area contributed by atoms with Gasteiger partial charge in [0.05, 0.1) is 19.0 Å². The molecule has 0 atom stereocenters. The average Bonchev–Trinajstić information content (AvgIpc) is 2.48. The number of rotatable bonds is 6. The van der Waals surface area contributed by atoms with E-state index in [9.17, 15) is 4.79 Å². The lowest BCUT2D eigenvalue weighted by atomic mass is 10.2. The highest BCUT2D eigenvalue weighted by molar-refractivity contribution is 5.92. The second-order valence-corrected chi connectivity index (χ2v) is 4.53. The summed E-state index contributed by atoms with van der Waals surface area (Å²) in [6.07, 6.45) is 2.98. The quantitative estimate of drug-likeness (QED) is 0.793. The highest BCUT2D eigenvalue weighted by Crippen LogP contribution is 2.14. The number of hydrogen-bond acceptors (Lipinski definition) is 5. The van der Waals surface area contributed by atoms with Gasteiger partial charge in [-0.2, -0.15) is 0 Å². The number of carbonyl (C=O) groups is 1. The Morgan fingerprint density at radius 1 is 1.29 bits per heavy atom. The molecule has 6 nitrogen and oxygen atoms in total. The highest BCUT2D eigenvalue weighted by atomic mass is 16.5. The molecule has 2 N–H and O–H groups in total. The summed E-state index contributed by atoms with van der Waals surface area (Å²) in [5.41, 5.74) is 2.37. The van der Waals surface area contributed by atoms with E-state index in [1.54, 1.807) is 7.11 Å². The second kappa shape index (κ2) is 7.35. The molecule has 0 saturated carbocycles. The topological polar surface area (TPSA) is 76.1 Å². The van der Waals surface area contributed by atoms with Gasteiger partial charge in [-0.25, -0.2) is 9.97 Å². The van der Waals surface area contributed by atoms with E-state index in [1.807, 2.05) is 31.2 Å². The first-order chi connectivity index (χ1) is 10.2. The van der Waals surface area contributed by atoms with E-state index < -0.39 is 0 Å². The maximum absolute atomic E-state index is 11.7. The minimum absolute atomic E-state index is 0.262. The number of nitrogens with one attached hydrogen (secondary N) is 2. The summed E-state index contributed by atoms with van der Waals surface area (Å²) >= 11 is 0. The zero-order valence-electron chi connectivity index (χ0n) is 12.1. The smallest absolute Gasteiger partial charge is 0.271 e. The lowest BCUT2D eigenvalue weighted by Crippen LogP contribution is -2.27. The number of amides is 1. The van der Waals surface area contributed by atoms with Crippen molar-refractivity contribution in [3.05, 3.63) is 47.9 Å². The van der Waals surface area contributed by atoms with Crippen LogP contribution in [0.2, 0.25) is 0 Å². The molecule has 0 aliphatic heterocycles. The van der Waals surface area contributed by atoms with E-state index in [2.05, 4.69) is 20.6 Å². The molecule has 2 rings (SSSR count). The fraction of sp³-hybridized carbons (Fsp3) is 0.267. The van der Waals surface area contributed by atoms with Crippen LogP contribution in [0.25, 0.3) is 0 Å². The van der Waals surface area contributed by atoms with Gasteiger partial charge < -0.3 is 15.4 Å². The first-order valence-electron chi connectivity index (χ1n) is 6.62. The van der Waals surface area contributed by atoms with E-state index in [0.717, 1.165) is 11.3 Å². The van der Waals surface area contributed by atoms with Gasteiger partial charge in [0.2, 0.25) is 0 Å². The molecule has 2 aromatic rings. The average molecular weight is 286 g/mol. The Kier molecular flexibility index (Phi) is 5.22. The summed E-state index contributed by atoms with van der Waals surface area (Å²) in [5, 5.41) is 5.83.